The smallest absolute Gasteiger partial charge is 0.211 e. The van der Waals surface area contributed by atoms with E-state index in [2.05, 4.69) is 76.2 Å². The molecule has 0 aliphatic carbocycles. The predicted molar refractivity (Wildman–Crippen MR) is 160 cm³/mol. The number of aryl methyl sites for hydroxylation is 2. The number of benzene rings is 2. The zero-order chi connectivity index (χ0) is 26.5. The summed E-state index contributed by atoms with van der Waals surface area (Å²) in [4.78, 5) is 0. The summed E-state index contributed by atoms with van der Waals surface area (Å²) >= 11 is 0. The van der Waals surface area contributed by atoms with E-state index in [1.54, 1.807) is 4.70 Å². The Morgan fingerprint density at radius 3 is 1.41 bits per heavy atom. The van der Waals surface area contributed by atoms with Crippen LogP contribution in [0.3, 0.4) is 0 Å². The molecule has 0 amide bonds. The van der Waals surface area contributed by atoms with Crippen LogP contribution in [0, 0.1) is 0 Å². The molecule has 1 aliphatic rings. The molecule has 3 rings (SSSR count). The van der Waals surface area contributed by atoms with Gasteiger partial charge in [-0.25, -0.2) is 4.70 Å². The van der Waals surface area contributed by atoms with Crippen molar-refractivity contribution in [2.24, 2.45) is 0 Å². The first-order valence-corrected chi connectivity index (χ1v) is 15.3. The normalized spacial score (nSPS) is 13.8. The molecule has 0 saturated carbocycles. The minimum absolute atomic E-state index is 1.02. The molecule has 0 N–H and O–H groups in total. The van der Waals surface area contributed by atoms with Crippen LogP contribution in [0.25, 0.3) is 16.9 Å². The third kappa shape index (κ3) is 8.00. The molecule has 1 aliphatic heterocycles. The maximum absolute atomic E-state index is 11.9. The number of nitrogens with zero attached hydrogens (tertiary/aromatic N) is 2. The monoisotopic (exact) mass is 498 g/mol. The highest BCUT2D eigenvalue weighted by atomic mass is 15.2. The van der Waals surface area contributed by atoms with Crippen molar-refractivity contribution in [3.63, 3.8) is 0 Å². The Hall–Kier alpha value is -2.48. The van der Waals surface area contributed by atoms with Crippen molar-refractivity contribution in [2.75, 3.05) is 0 Å². The number of hydrogen-bond donors (Lipinski definition) is 0. The topological polar surface area (TPSA) is 25.3 Å². The van der Waals surface area contributed by atoms with Crippen LogP contribution in [0.15, 0.2) is 59.7 Å². The molecular weight excluding hydrogens is 448 g/mol. The van der Waals surface area contributed by atoms with Crippen LogP contribution in [0.5, 0.6) is 0 Å². The van der Waals surface area contributed by atoms with Gasteiger partial charge in [0.1, 0.15) is 0 Å². The first kappa shape index (κ1) is 29.1. The molecule has 0 unspecified atom stereocenters. The van der Waals surface area contributed by atoms with Gasteiger partial charge in [-0.3, -0.25) is 0 Å². The van der Waals surface area contributed by atoms with Crippen LogP contribution >= 0.6 is 0 Å². The van der Waals surface area contributed by atoms with Crippen molar-refractivity contribution in [3.05, 3.63) is 87.5 Å². The second kappa shape index (κ2) is 15.7. The number of rotatable bonds is 17. The lowest BCUT2D eigenvalue weighted by Crippen LogP contribution is -2.03. The molecule has 0 radical (unpaired) electrons. The first-order chi connectivity index (χ1) is 18.1. The molecule has 1 heterocycles. The molecule has 0 saturated heterocycles. The summed E-state index contributed by atoms with van der Waals surface area (Å²) in [5.74, 6) is 0. The van der Waals surface area contributed by atoms with Crippen molar-refractivity contribution in [3.8, 4) is 0 Å². The summed E-state index contributed by atoms with van der Waals surface area (Å²) in [5, 5.41) is 0. The van der Waals surface area contributed by atoms with Gasteiger partial charge in [-0.15, -0.1) is 0 Å². The van der Waals surface area contributed by atoms with Gasteiger partial charge in [-0.1, -0.05) is 96.9 Å². The standard InChI is InChI=1S/C35H50N2/c1-5-9-13-15-25-33-32(24-14-10-6-2)34(30-22-16-20-28(26-30)18-11-7-3)37(36)35(33)31-23-17-21-29(27-31)19-12-8-4/h16-17,20-23,26-27H,5-15,18-19,24-25H2,1-4H3. The molecule has 37 heavy (non-hydrogen) atoms. The summed E-state index contributed by atoms with van der Waals surface area (Å²) < 4.78 is 1.56. The van der Waals surface area contributed by atoms with E-state index in [0.29, 0.717) is 0 Å². The summed E-state index contributed by atoms with van der Waals surface area (Å²) in [6.45, 7) is 9.05. The molecule has 2 nitrogen and oxygen atoms in total. The van der Waals surface area contributed by atoms with Gasteiger partial charge in [0.2, 0.25) is 11.4 Å². The fourth-order valence-corrected chi connectivity index (χ4v) is 5.58. The number of unbranched alkanes of at least 4 members (excludes halogenated alkanes) is 7. The zero-order valence-corrected chi connectivity index (χ0v) is 24.1. The fraction of sp³-hybridized carbons (Fsp3) is 0.543. The second-order valence-corrected chi connectivity index (χ2v) is 10.8. The summed E-state index contributed by atoms with van der Waals surface area (Å²) in [6.07, 6.45) is 17.6. The highest BCUT2D eigenvalue weighted by molar-refractivity contribution is 5.82. The lowest BCUT2D eigenvalue weighted by molar-refractivity contribution is -0.345. The van der Waals surface area contributed by atoms with E-state index >= 15 is 0 Å². The molecule has 2 aromatic carbocycles. The first-order valence-electron chi connectivity index (χ1n) is 15.3. The maximum atomic E-state index is 11.9. The van der Waals surface area contributed by atoms with Crippen LogP contribution < -0.4 is 0 Å². The van der Waals surface area contributed by atoms with Crippen molar-refractivity contribution < 1.29 is 4.70 Å². The fourth-order valence-electron chi connectivity index (χ4n) is 5.58. The Balaban J connectivity index is 2.09. The van der Waals surface area contributed by atoms with Gasteiger partial charge in [0.25, 0.3) is 0 Å². The highest BCUT2D eigenvalue weighted by Crippen LogP contribution is 2.44. The summed E-state index contributed by atoms with van der Waals surface area (Å²) in [5.41, 5.74) is 21.7. The minimum atomic E-state index is 1.02. The van der Waals surface area contributed by atoms with Crippen LogP contribution in [0.4, 0.5) is 0 Å². The van der Waals surface area contributed by atoms with E-state index in [1.165, 1.54) is 92.9 Å². The molecular formula is C35H50N2. The Bertz CT molecular complexity index is 1070. The SMILES string of the molecule is CCCCCCC1=C(c2cccc(CCCC)c2)[N+](=[N-])C(c2cccc(CCCC)c2)=C1CCCCC. The minimum Gasteiger partial charge on any atom is -0.493 e. The summed E-state index contributed by atoms with van der Waals surface area (Å²) in [6, 6.07) is 17.9. The van der Waals surface area contributed by atoms with E-state index < -0.39 is 0 Å². The Morgan fingerprint density at radius 2 is 0.946 bits per heavy atom. The average Bonchev–Trinajstić information content (AvgIpc) is 3.19. The summed E-state index contributed by atoms with van der Waals surface area (Å²) in [7, 11) is 0. The van der Waals surface area contributed by atoms with Gasteiger partial charge < -0.3 is 5.53 Å². The van der Waals surface area contributed by atoms with Crippen molar-refractivity contribution in [2.45, 2.75) is 124 Å². The lowest BCUT2D eigenvalue weighted by Gasteiger charge is -2.11. The second-order valence-electron chi connectivity index (χ2n) is 10.8. The van der Waals surface area contributed by atoms with Gasteiger partial charge in [-0.2, -0.15) is 0 Å². The van der Waals surface area contributed by atoms with E-state index in [0.717, 1.165) is 48.2 Å². The zero-order valence-electron chi connectivity index (χ0n) is 24.1. The Labute approximate surface area is 227 Å². The van der Waals surface area contributed by atoms with Gasteiger partial charge in [0.05, 0.1) is 0 Å². The molecule has 0 spiro atoms. The highest BCUT2D eigenvalue weighted by Gasteiger charge is 2.35. The van der Waals surface area contributed by atoms with Gasteiger partial charge in [-0.05, 0) is 86.8 Å². The van der Waals surface area contributed by atoms with Crippen molar-refractivity contribution in [1.29, 1.82) is 0 Å². The van der Waals surface area contributed by atoms with Crippen LogP contribution in [0.1, 0.15) is 133 Å². The van der Waals surface area contributed by atoms with Crippen molar-refractivity contribution >= 4 is 11.4 Å². The number of hydrogen-bond acceptors (Lipinski definition) is 0. The van der Waals surface area contributed by atoms with Crippen LogP contribution in [-0.4, -0.2) is 4.70 Å². The molecule has 0 fully saturated rings. The molecule has 0 aromatic heterocycles. The molecule has 0 atom stereocenters. The quantitative estimate of drug-likeness (QED) is 0.153. The maximum Gasteiger partial charge on any atom is 0.211 e. The largest absolute Gasteiger partial charge is 0.493 e. The Morgan fingerprint density at radius 1 is 0.514 bits per heavy atom. The van der Waals surface area contributed by atoms with Gasteiger partial charge in [0.15, 0.2) is 0 Å². The Kier molecular flexibility index (Phi) is 12.3. The van der Waals surface area contributed by atoms with E-state index in [-0.39, 0.29) is 0 Å². The molecule has 0 bridgehead atoms. The number of allylic oxidation sites excluding steroid dienone is 2. The van der Waals surface area contributed by atoms with Crippen LogP contribution in [0.2, 0.25) is 0 Å². The van der Waals surface area contributed by atoms with Crippen LogP contribution in [-0.2, 0) is 12.8 Å². The lowest BCUT2D eigenvalue weighted by atomic mass is 9.91. The van der Waals surface area contributed by atoms with E-state index in [4.69, 9.17) is 0 Å². The van der Waals surface area contributed by atoms with E-state index in [9.17, 15) is 5.53 Å². The average molecular weight is 499 g/mol. The molecule has 2 heteroatoms. The van der Waals surface area contributed by atoms with Crippen molar-refractivity contribution in [1.82, 2.24) is 0 Å². The predicted octanol–water partition coefficient (Wildman–Crippen LogP) is 11.1. The van der Waals surface area contributed by atoms with Gasteiger partial charge >= 0.3 is 0 Å². The van der Waals surface area contributed by atoms with E-state index in [1.807, 2.05) is 0 Å². The third-order valence-corrected chi connectivity index (χ3v) is 7.71. The third-order valence-electron chi connectivity index (χ3n) is 7.71. The molecule has 2 aromatic rings. The van der Waals surface area contributed by atoms with Gasteiger partial charge in [0, 0.05) is 22.3 Å². The molecule has 200 valence electrons.